The average Bonchev–Trinajstić information content (AvgIpc) is 2.44. The maximum Gasteiger partial charge on any atom is 0.217 e. The normalized spacial score (nSPS) is 33.8. The fraction of sp³-hybridized carbons (Fsp3) is 0.750. The van der Waals surface area contributed by atoms with Gasteiger partial charge in [0.05, 0.1) is 6.61 Å². The molecule has 0 saturated carbocycles. The van der Waals surface area contributed by atoms with E-state index in [1.807, 2.05) is 0 Å². The van der Waals surface area contributed by atoms with Gasteiger partial charge in [-0.3, -0.25) is 4.79 Å². The van der Waals surface area contributed by atoms with Crippen molar-refractivity contribution in [2.24, 2.45) is 0 Å². The number of amides is 1. The number of aliphatic hydroxyl groups excluding tert-OH is 2. The molecule has 0 aromatic heterocycles. The second-order valence-corrected chi connectivity index (χ2v) is 3.22. The second-order valence-electron chi connectivity index (χ2n) is 3.22. The lowest BCUT2D eigenvalue weighted by molar-refractivity contribution is -0.125. The van der Waals surface area contributed by atoms with Gasteiger partial charge in [-0.1, -0.05) is 0 Å². The molecule has 0 spiro atoms. The van der Waals surface area contributed by atoms with E-state index in [1.165, 1.54) is 6.92 Å². The number of rotatable bonds is 3. The van der Waals surface area contributed by atoms with Crippen molar-refractivity contribution in [3.63, 3.8) is 0 Å². The number of carbonyl (C=O) groups is 2. The molecule has 0 aromatic rings. The monoisotopic (exact) mass is 203 g/mol. The van der Waals surface area contributed by atoms with E-state index in [0.717, 1.165) is 0 Å². The van der Waals surface area contributed by atoms with E-state index >= 15 is 0 Å². The van der Waals surface area contributed by atoms with Crippen molar-refractivity contribution in [2.45, 2.75) is 31.3 Å². The van der Waals surface area contributed by atoms with E-state index in [0.29, 0.717) is 6.29 Å². The number of carbonyl (C=O) groups excluding carboxylic acids is 2. The summed E-state index contributed by atoms with van der Waals surface area (Å²) in [5.41, 5.74) is 0. The summed E-state index contributed by atoms with van der Waals surface area (Å²) in [6, 6.07) is -0.917. The van der Waals surface area contributed by atoms with Crippen molar-refractivity contribution >= 4 is 12.2 Å². The van der Waals surface area contributed by atoms with Crippen LogP contribution in [0, 0.1) is 0 Å². The summed E-state index contributed by atoms with van der Waals surface area (Å²) >= 11 is 0. The highest BCUT2D eigenvalue weighted by Gasteiger charge is 2.40. The maximum atomic E-state index is 10.7. The van der Waals surface area contributed by atoms with E-state index in [-0.39, 0.29) is 12.5 Å². The molecule has 0 aliphatic carbocycles. The Morgan fingerprint density at radius 2 is 2.29 bits per heavy atom. The number of aldehydes is 1. The minimum absolute atomic E-state index is 0.0320. The summed E-state index contributed by atoms with van der Waals surface area (Å²) in [6.07, 6.45) is -2.53. The van der Waals surface area contributed by atoms with Crippen molar-refractivity contribution in [2.75, 3.05) is 6.61 Å². The topological polar surface area (TPSA) is 95.9 Å². The van der Waals surface area contributed by atoms with Gasteiger partial charge in [-0.05, 0) is 0 Å². The highest BCUT2D eigenvalue weighted by atomic mass is 16.5. The lowest BCUT2D eigenvalue weighted by Gasteiger charge is -2.21. The van der Waals surface area contributed by atoms with Crippen LogP contribution in [0.4, 0.5) is 0 Å². The van der Waals surface area contributed by atoms with Crippen LogP contribution in [-0.4, -0.2) is 53.4 Å². The summed E-state index contributed by atoms with van der Waals surface area (Å²) in [5.74, 6) is -0.390. The van der Waals surface area contributed by atoms with Gasteiger partial charge in [0.1, 0.15) is 30.6 Å². The maximum absolute atomic E-state index is 10.7. The fourth-order valence-corrected chi connectivity index (χ4v) is 1.37. The fourth-order valence-electron chi connectivity index (χ4n) is 1.37. The van der Waals surface area contributed by atoms with Crippen LogP contribution < -0.4 is 5.32 Å². The molecule has 0 bridgehead atoms. The Morgan fingerprint density at radius 1 is 1.64 bits per heavy atom. The van der Waals surface area contributed by atoms with Crippen LogP contribution in [-0.2, 0) is 14.3 Å². The Bertz CT molecular complexity index is 232. The van der Waals surface area contributed by atoms with Crippen LogP contribution in [0.25, 0.3) is 0 Å². The van der Waals surface area contributed by atoms with Crippen molar-refractivity contribution in [1.29, 1.82) is 0 Å². The van der Waals surface area contributed by atoms with Crippen LogP contribution in [0.3, 0.4) is 0 Å². The molecule has 1 rings (SSSR count). The summed E-state index contributed by atoms with van der Waals surface area (Å²) in [5, 5.41) is 20.8. The third-order valence-corrected chi connectivity index (χ3v) is 2.06. The van der Waals surface area contributed by atoms with Gasteiger partial charge in [-0.2, -0.15) is 0 Å². The van der Waals surface area contributed by atoms with Gasteiger partial charge in [0, 0.05) is 6.92 Å². The molecule has 0 aromatic carbocycles. The van der Waals surface area contributed by atoms with E-state index in [4.69, 9.17) is 9.84 Å². The third-order valence-electron chi connectivity index (χ3n) is 2.06. The number of nitrogens with one attached hydrogen (secondary N) is 1. The zero-order chi connectivity index (χ0) is 10.7. The molecule has 3 N–H and O–H groups in total. The van der Waals surface area contributed by atoms with Crippen molar-refractivity contribution in [3.05, 3.63) is 0 Å². The van der Waals surface area contributed by atoms with Crippen LogP contribution >= 0.6 is 0 Å². The Hall–Kier alpha value is -0.980. The number of hydrogen-bond donors (Lipinski definition) is 3. The SMILES string of the molecule is CC(=O)N[C@H](C=O)[C@@H]1OC[C@@H](O)[C@@H]1O. The molecular formula is C8H13NO5. The second kappa shape index (κ2) is 4.50. The largest absolute Gasteiger partial charge is 0.388 e. The van der Waals surface area contributed by atoms with E-state index in [2.05, 4.69) is 5.32 Å². The first-order valence-corrected chi connectivity index (χ1v) is 4.26. The Labute approximate surface area is 80.9 Å². The molecule has 1 aliphatic heterocycles. The first-order chi connectivity index (χ1) is 6.56. The van der Waals surface area contributed by atoms with Crippen molar-refractivity contribution in [1.82, 2.24) is 5.32 Å². The summed E-state index contributed by atoms with van der Waals surface area (Å²) < 4.78 is 4.99. The van der Waals surface area contributed by atoms with Gasteiger partial charge in [0.15, 0.2) is 0 Å². The number of hydrogen-bond acceptors (Lipinski definition) is 5. The Balaban J connectivity index is 2.61. The Morgan fingerprint density at radius 3 is 2.64 bits per heavy atom. The first-order valence-electron chi connectivity index (χ1n) is 4.26. The van der Waals surface area contributed by atoms with Gasteiger partial charge in [0.25, 0.3) is 0 Å². The summed E-state index contributed by atoms with van der Waals surface area (Å²) in [6.45, 7) is 1.23. The molecule has 14 heavy (non-hydrogen) atoms. The van der Waals surface area contributed by atoms with E-state index in [9.17, 15) is 14.7 Å². The molecule has 0 unspecified atom stereocenters. The zero-order valence-electron chi connectivity index (χ0n) is 7.71. The highest BCUT2D eigenvalue weighted by molar-refractivity contribution is 5.77. The average molecular weight is 203 g/mol. The number of ether oxygens (including phenoxy) is 1. The molecule has 4 atom stereocenters. The van der Waals surface area contributed by atoms with Crippen LogP contribution in [0.15, 0.2) is 0 Å². The number of aliphatic hydroxyl groups is 2. The molecule has 6 heteroatoms. The molecule has 1 amide bonds. The lowest BCUT2D eigenvalue weighted by Crippen LogP contribution is -2.49. The predicted molar refractivity (Wildman–Crippen MR) is 45.4 cm³/mol. The highest BCUT2D eigenvalue weighted by Crippen LogP contribution is 2.16. The van der Waals surface area contributed by atoms with Gasteiger partial charge >= 0.3 is 0 Å². The van der Waals surface area contributed by atoms with Crippen LogP contribution in [0.5, 0.6) is 0 Å². The van der Waals surface area contributed by atoms with Crippen molar-refractivity contribution < 1.29 is 24.5 Å². The van der Waals surface area contributed by atoms with Crippen LogP contribution in [0.2, 0.25) is 0 Å². The minimum atomic E-state index is -1.14. The standard InChI is InChI=1S/C8H13NO5/c1-4(11)9-5(2-10)8-7(13)6(12)3-14-8/h2,5-8,12-13H,3H2,1H3,(H,9,11)/t5-,6-,7+,8+/m1/s1. The summed E-state index contributed by atoms with van der Waals surface area (Å²) in [4.78, 5) is 21.3. The molecule has 6 nitrogen and oxygen atoms in total. The van der Waals surface area contributed by atoms with Gasteiger partial charge in [0.2, 0.25) is 5.91 Å². The molecule has 80 valence electrons. The van der Waals surface area contributed by atoms with Gasteiger partial charge in [-0.25, -0.2) is 0 Å². The van der Waals surface area contributed by atoms with Crippen LogP contribution in [0.1, 0.15) is 6.92 Å². The molecule has 1 saturated heterocycles. The quantitative estimate of drug-likeness (QED) is 0.453. The van der Waals surface area contributed by atoms with Gasteiger partial charge in [-0.15, -0.1) is 0 Å². The van der Waals surface area contributed by atoms with Gasteiger partial charge < -0.3 is 25.1 Å². The molecule has 1 aliphatic rings. The third kappa shape index (κ3) is 2.28. The molecule has 1 fully saturated rings. The smallest absolute Gasteiger partial charge is 0.217 e. The van der Waals surface area contributed by atoms with E-state index in [1.54, 1.807) is 0 Å². The first kappa shape index (κ1) is 11.1. The Kier molecular flexibility index (Phi) is 3.56. The predicted octanol–water partition coefficient (Wildman–Crippen LogP) is -2.19. The minimum Gasteiger partial charge on any atom is -0.388 e. The lowest BCUT2D eigenvalue weighted by atomic mass is 10.1. The molecular weight excluding hydrogens is 190 g/mol. The molecule has 0 radical (unpaired) electrons. The summed E-state index contributed by atoms with van der Waals surface area (Å²) in [7, 11) is 0. The van der Waals surface area contributed by atoms with Crippen molar-refractivity contribution in [3.8, 4) is 0 Å². The zero-order valence-corrected chi connectivity index (χ0v) is 7.71. The molecule has 1 heterocycles. The van der Waals surface area contributed by atoms with E-state index < -0.39 is 24.4 Å².